The van der Waals surface area contributed by atoms with Crippen LogP contribution in [0.1, 0.15) is 35.0 Å². The molecule has 0 spiro atoms. The van der Waals surface area contributed by atoms with Crippen LogP contribution in [-0.4, -0.2) is 51.4 Å². The van der Waals surface area contributed by atoms with E-state index < -0.39 is 10.8 Å². The second-order valence-corrected chi connectivity index (χ2v) is 9.21. The molecule has 1 aromatic heterocycles. The maximum Gasteiger partial charge on any atom is 0.342 e. The van der Waals surface area contributed by atoms with Crippen LogP contribution in [0.25, 0.3) is 21.7 Å². The molecule has 160 valence electrons. The van der Waals surface area contributed by atoms with Gasteiger partial charge < -0.3 is 19.4 Å². The number of aryl methyl sites for hydroxylation is 1. The predicted octanol–water partition coefficient (Wildman–Crippen LogP) is 2.92. The van der Waals surface area contributed by atoms with Crippen LogP contribution in [0, 0.1) is 6.92 Å². The number of carbonyl (C=O) groups is 1. The number of hydrogen-bond acceptors (Lipinski definition) is 6. The van der Waals surface area contributed by atoms with E-state index in [-0.39, 0.29) is 17.5 Å². The Bertz CT molecular complexity index is 1150. The van der Waals surface area contributed by atoms with E-state index in [0.29, 0.717) is 42.5 Å². The van der Waals surface area contributed by atoms with Gasteiger partial charge in [-0.15, -0.1) is 0 Å². The lowest BCUT2D eigenvalue weighted by atomic mass is 9.96. The van der Waals surface area contributed by atoms with Gasteiger partial charge in [0.1, 0.15) is 29.4 Å². The number of ether oxygens (including phenoxy) is 2. The summed E-state index contributed by atoms with van der Waals surface area (Å²) >= 11 is 0. The van der Waals surface area contributed by atoms with Crippen molar-refractivity contribution in [1.29, 1.82) is 0 Å². The number of rotatable bonds is 3. The van der Waals surface area contributed by atoms with E-state index in [4.69, 9.17) is 13.9 Å². The molecule has 3 heterocycles. The largest absolute Gasteiger partial charge is 0.477 e. The first-order chi connectivity index (χ1) is 14.1. The van der Waals surface area contributed by atoms with Crippen molar-refractivity contribution >= 4 is 38.5 Å². The number of carbonyl (C=O) groups excluding carboxylic acids is 1. The summed E-state index contributed by atoms with van der Waals surface area (Å²) in [6, 6.07) is 8.18. The molecule has 0 radical (unpaired) electrons. The summed E-state index contributed by atoms with van der Waals surface area (Å²) in [5.41, 5.74) is 2.12. The molecule has 0 amide bonds. The van der Waals surface area contributed by atoms with E-state index >= 15 is 0 Å². The molecule has 0 bridgehead atoms. The third-order valence-corrected chi connectivity index (χ3v) is 7.31. The third-order valence-electron chi connectivity index (χ3n) is 5.87. The van der Waals surface area contributed by atoms with Gasteiger partial charge in [-0.05, 0) is 20.3 Å². The lowest BCUT2D eigenvalue weighted by Gasteiger charge is -2.34. The minimum absolute atomic E-state index is 0. The maximum absolute atomic E-state index is 12.8. The van der Waals surface area contributed by atoms with Crippen LogP contribution in [0.15, 0.2) is 28.7 Å². The Morgan fingerprint density at radius 1 is 1.30 bits per heavy atom. The molecule has 1 saturated heterocycles. The molecule has 2 aromatic carbocycles. The Kier molecular flexibility index (Phi) is 5.57. The number of nitrogens with zero attached hydrogens (tertiary/aromatic N) is 1. The number of benzene rings is 2. The third kappa shape index (κ3) is 3.19. The number of furan rings is 1. The van der Waals surface area contributed by atoms with Crippen molar-refractivity contribution in [2.24, 2.45) is 0 Å². The minimum Gasteiger partial charge on any atom is -0.477 e. The van der Waals surface area contributed by atoms with Gasteiger partial charge in [-0.1, -0.05) is 24.3 Å². The summed E-state index contributed by atoms with van der Waals surface area (Å²) < 4.78 is 29.6. The molecule has 1 fully saturated rings. The summed E-state index contributed by atoms with van der Waals surface area (Å²) in [6.07, 6.45) is 0.900. The molecule has 2 aliphatic heterocycles. The molecule has 2 unspecified atom stereocenters. The summed E-state index contributed by atoms with van der Waals surface area (Å²) in [7, 11) is -0.762. The normalized spacial score (nSPS) is 21.3. The van der Waals surface area contributed by atoms with E-state index in [2.05, 4.69) is 4.90 Å². The van der Waals surface area contributed by atoms with Crippen molar-refractivity contribution < 1.29 is 28.4 Å². The summed E-state index contributed by atoms with van der Waals surface area (Å²) in [5.74, 6) is 2.39. The smallest absolute Gasteiger partial charge is 0.342 e. The Balaban J connectivity index is 0.00000218. The van der Waals surface area contributed by atoms with E-state index in [9.17, 15) is 9.00 Å². The van der Waals surface area contributed by atoms with E-state index in [1.54, 1.807) is 13.8 Å². The van der Waals surface area contributed by atoms with Crippen LogP contribution in [0.4, 0.5) is 0 Å². The summed E-state index contributed by atoms with van der Waals surface area (Å²) in [5, 5.41) is 2.68. The molecular formula is C22H25NO6S. The first-order valence-electron chi connectivity index (χ1n) is 9.94. The Morgan fingerprint density at radius 3 is 2.77 bits per heavy atom. The molecular weight excluding hydrogens is 406 g/mol. The molecule has 2 N–H and O–H groups in total. The van der Waals surface area contributed by atoms with Crippen molar-refractivity contribution in [2.45, 2.75) is 32.9 Å². The fraction of sp³-hybridized carbons (Fsp3) is 0.409. The average Bonchev–Trinajstić information content (AvgIpc) is 3.31. The van der Waals surface area contributed by atoms with Crippen LogP contribution in [-0.2, 0) is 22.1 Å². The zero-order chi connectivity index (χ0) is 20.1. The van der Waals surface area contributed by atoms with Gasteiger partial charge in [-0.25, -0.2) is 4.79 Å². The van der Waals surface area contributed by atoms with Gasteiger partial charge in [0.05, 0.1) is 6.61 Å². The highest BCUT2D eigenvalue weighted by Crippen LogP contribution is 2.44. The van der Waals surface area contributed by atoms with Crippen LogP contribution in [0.5, 0.6) is 5.75 Å². The van der Waals surface area contributed by atoms with Gasteiger partial charge in [0, 0.05) is 56.6 Å². The van der Waals surface area contributed by atoms with Gasteiger partial charge >= 0.3 is 5.97 Å². The quantitative estimate of drug-likeness (QED) is 0.591. The van der Waals surface area contributed by atoms with Crippen molar-refractivity contribution in [3.05, 3.63) is 41.2 Å². The molecule has 0 saturated carbocycles. The molecule has 5 rings (SSSR count). The van der Waals surface area contributed by atoms with Crippen LogP contribution in [0.2, 0.25) is 0 Å². The highest BCUT2D eigenvalue weighted by Gasteiger charge is 2.34. The Morgan fingerprint density at radius 2 is 2.07 bits per heavy atom. The highest BCUT2D eigenvalue weighted by atomic mass is 32.2. The standard InChI is InChI=1S/C22H23NO5S.H2O/c1-3-26-22(24)18-13(2)28-21-16-7-5-4-6-15(16)20-17(19(18)21)10-23(12-27-20)14-8-9-29(25)11-14;/h4-7,14H,3,8-12H2,1-2H3;1H2. The van der Waals surface area contributed by atoms with Gasteiger partial charge in [0.25, 0.3) is 0 Å². The van der Waals surface area contributed by atoms with E-state index in [0.717, 1.165) is 39.6 Å². The first kappa shape index (κ1) is 20.8. The van der Waals surface area contributed by atoms with Crippen molar-refractivity contribution in [1.82, 2.24) is 4.90 Å². The fourth-order valence-electron chi connectivity index (χ4n) is 4.51. The molecule has 30 heavy (non-hydrogen) atoms. The lowest BCUT2D eigenvalue weighted by Crippen LogP contribution is -2.40. The maximum atomic E-state index is 12.8. The van der Waals surface area contributed by atoms with E-state index in [1.165, 1.54) is 0 Å². The fourth-order valence-corrected chi connectivity index (χ4v) is 6.02. The zero-order valence-corrected chi connectivity index (χ0v) is 17.8. The topological polar surface area (TPSA) is 100 Å². The molecule has 7 nitrogen and oxygen atoms in total. The molecule has 2 atom stereocenters. The lowest BCUT2D eigenvalue weighted by molar-refractivity contribution is 0.0525. The molecule has 3 aromatic rings. The first-order valence-corrected chi connectivity index (χ1v) is 11.4. The number of fused-ring (bicyclic) bond motifs is 6. The van der Waals surface area contributed by atoms with Crippen LogP contribution < -0.4 is 4.74 Å². The Hall–Kier alpha value is -2.42. The monoisotopic (exact) mass is 431 g/mol. The van der Waals surface area contributed by atoms with Crippen LogP contribution >= 0.6 is 0 Å². The molecule has 0 aliphatic carbocycles. The van der Waals surface area contributed by atoms with Crippen molar-refractivity contribution in [3.63, 3.8) is 0 Å². The van der Waals surface area contributed by atoms with E-state index in [1.807, 2.05) is 24.3 Å². The van der Waals surface area contributed by atoms with Gasteiger partial charge in [0.15, 0.2) is 0 Å². The Labute approximate surface area is 176 Å². The van der Waals surface area contributed by atoms with Crippen LogP contribution in [0.3, 0.4) is 0 Å². The second kappa shape index (κ2) is 8.02. The van der Waals surface area contributed by atoms with Crippen molar-refractivity contribution in [2.75, 3.05) is 24.8 Å². The summed E-state index contributed by atoms with van der Waals surface area (Å²) in [4.78, 5) is 15.0. The highest BCUT2D eigenvalue weighted by molar-refractivity contribution is 7.85. The van der Waals surface area contributed by atoms with Gasteiger partial charge in [-0.2, -0.15) is 0 Å². The number of hydrogen-bond donors (Lipinski definition) is 0. The number of esters is 1. The average molecular weight is 432 g/mol. The summed E-state index contributed by atoms with van der Waals surface area (Å²) in [6.45, 7) is 4.98. The predicted molar refractivity (Wildman–Crippen MR) is 115 cm³/mol. The minimum atomic E-state index is -0.762. The SMILES string of the molecule is CCOC(=O)c1c(C)oc2c1c1c(c3ccccc32)OCN(C2CCS(=O)C2)C1.O. The molecule has 2 aliphatic rings. The van der Waals surface area contributed by atoms with Gasteiger partial charge in [0.2, 0.25) is 0 Å². The molecule has 8 heteroatoms. The van der Waals surface area contributed by atoms with Crippen molar-refractivity contribution in [3.8, 4) is 5.75 Å². The zero-order valence-electron chi connectivity index (χ0n) is 17.0. The van der Waals surface area contributed by atoms with Gasteiger partial charge in [-0.3, -0.25) is 9.11 Å². The second-order valence-electron chi connectivity index (χ2n) is 7.58.